The lowest BCUT2D eigenvalue weighted by atomic mass is 10.2. The number of anilines is 1. The summed E-state index contributed by atoms with van der Waals surface area (Å²) in [5.74, 6) is -0.335. The Kier molecular flexibility index (Phi) is 4.30. The lowest BCUT2D eigenvalue weighted by Gasteiger charge is -2.07. The van der Waals surface area contributed by atoms with Crippen molar-refractivity contribution >= 4 is 39.2 Å². The van der Waals surface area contributed by atoms with Crippen LogP contribution in [0.1, 0.15) is 23.2 Å². The Hall–Kier alpha value is -2.93. The minimum Gasteiger partial charge on any atom is -0.335 e. The van der Waals surface area contributed by atoms with Gasteiger partial charge in [-0.3, -0.25) is 4.79 Å². The number of amides is 3. The van der Waals surface area contributed by atoms with Crippen molar-refractivity contribution < 1.29 is 9.59 Å². The quantitative estimate of drug-likeness (QED) is 0.746. The number of thiazole rings is 1. The van der Waals surface area contributed by atoms with Crippen LogP contribution in [0, 0.1) is 0 Å². The number of para-hydroxylation sites is 1. The van der Waals surface area contributed by atoms with Crippen molar-refractivity contribution in [2.75, 3.05) is 5.32 Å². The maximum Gasteiger partial charge on any atom is 0.319 e. The molecule has 3 aromatic rings. The summed E-state index contributed by atoms with van der Waals surface area (Å²) >= 11 is 1.47. The van der Waals surface area contributed by atoms with Crippen molar-refractivity contribution in [3.63, 3.8) is 0 Å². The van der Waals surface area contributed by atoms with Gasteiger partial charge >= 0.3 is 6.03 Å². The van der Waals surface area contributed by atoms with E-state index in [1.165, 1.54) is 11.3 Å². The van der Waals surface area contributed by atoms with Crippen LogP contribution in [0.15, 0.2) is 53.5 Å². The Balaban J connectivity index is 1.58. The molecule has 0 aliphatic heterocycles. The maximum absolute atomic E-state index is 12.6. The van der Waals surface area contributed by atoms with E-state index in [0.29, 0.717) is 16.1 Å². The van der Waals surface area contributed by atoms with Gasteiger partial charge in [-0.2, -0.15) is 4.99 Å². The van der Waals surface area contributed by atoms with Crippen LogP contribution in [0.25, 0.3) is 10.2 Å². The molecule has 0 atom stereocenters. The van der Waals surface area contributed by atoms with E-state index in [-0.39, 0.29) is 18.0 Å². The van der Waals surface area contributed by atoms with Crippen LogP contribution in [-0.4, -0.2) is 22.5 Å². The third kappa shape index (κ3) is 3.52. The summed E-state index contributed by atoms with van der Waals surface area (Å²) in [6.07, 6.45) is 2.05. The number of aromatic nitrogens is 1. The van der Waals surface area contributed by atoms with Crippen LogP contribution >= 0.6 is 11.3 Å². The molecule has 1 saturated carbocycles. The van der Waals surface area contributed by atoms with Gasteiger partial charge in [0.1, 0.15) is 0 Å². The van der Waals surface area contributed by atoms with E-state index in [0.717, 1.165) is 23.1 Å². The van der Waals surface area contributed by atoms with E-state index >= 15 is 0 Å². The molecule has 2 aromatic carbocycles. The second-order valence-electron chi connectivity index (χ2n) is 6.28. The van der Waals surface area contributed by atoms with E-state index in [1.54, 1.807) is 24.3 Å². The molecule has 1 aliphatic rings. The van der Waals surface area contributed by atoms with E-state index in [9.17, 15) is 9.59 Å². The van der Waals surface area contributed by atoms with Crippen LogP contribution in [-0.2, 0) is 7.05 Å². The Bertz CT molecular complexity index is 1060. The fourth-order valence-electron chi connectivity index (χ4n) is 2.65. The van der Waals surface area contributed by atoms with E-state index in [2.05, 4.69) is 15.6 Å². The van der Waals surface area contributed by atoms with Gasteiger partial charge in [-0.05, 0) is 43.2 Å². The largest absolute Gasteiger partial charge is 0.335 e. The lowest BCUT2D eigenvalue weighted by molar-refractivity contribution is 0.0998. The molecule has 2 N–H and O–H groups in total. The number of aryl methyl sites for hydroxylation is 1. The third-order valence-electron chi connectivity index (χ3n) is 4.19. The summed E-state index contributed by atoms with van der Waals surface area (Å²) in [5.41, 5.74) is 2.05. The van der Waals surface area contributed by atoms with Gasteiger partial charge in [0.25, 0.3) is 5.91 Å². The molecule has 4 rings (SSSR count). The maximum atomic E-state index is 12.6. The lowest BCUT2D eigenvalue weighted by Crippen LogP contribution is -2.30. The molecule has 0 radical (unpaired) electrons. The van der Waals surface area contributed by atoms with Crippen LogP contribution in [0.4, 0.5) is 10.5 Å². The second-order valence-corrected chi connectivity index (χ2v) is 7.29. The summed E-state index contributed by atoms with van der Waals surface area (Å²) in [4.78, 5) is 29.3. The monoisotopic (exact) mass is 366 g/mol. The van der Waals surface area contributed by atoms with E-state index in [1.807, 2.05) is 35.9 Å². The van der Waals surface area contributed by atoms with Gasteiger partial charge in [-0.25, -0.2) is 4.79 Å². The zero-order chi connectivity index (χ0) is 18.1. The molecule has 0 bridgehead atoms. The van der Waals surface area contributed by atoms with Gasteiger partial charge in [0.2, 0.25) is 0 Å². The number of benzene rings is 2. The molecule has 26 heavy (non-hydrogen) atoms. The molecule has 0 saturated heterocycles. The minimum absolute atomic E-state index is 0.245. The summed E-state index contributed by atoms with van der Waals surface area (Å²) in [5, 5.41) is 5.61. The van der Waals surface area contributed by atoms with E-state index < -0.39 is 0 Å². The van der Waals surface area contributed by atoms with Crippen molar-refractivity contribution in [3.8, 4) is 0 Å². The number of hydrogen-bond acceptors (Lipinski definition) is 3. The zero-order valence-corrected chi connectivity index (χ0v) is 15.0. The van der Waals surface area contributed by atoms with Gasteiger partial charge in [-0.1, -0.05) is 29.5 Å². The Morgan fingerprint density at radius 3 is 2.73 bits per heavy atom. The molecular formula is C19H18N4O2S. The number of carbonyl (C=O) groups excluding carboxylic acids is 2. The van der Waals surface area contributed by atoms with Crippen molar-refractivity contribution in [1.29, 1.82) is 0 Å². The number of rotatable bonds is 3. The molecule has 132 valence electrons. The summed E-state index contributed by atoms with van der Waals surface area (Å²) < 4.78 is 2.98. The first-order chi connectivity index (χ1) is 12.6. The Morgan fingerprint density at radius 2 is 1.96 bits per heavy atom. The average molecular weight is 366 g/mol. The molecule has 7 heteroatoms. The number of carbonyl (C=O) groups is 2. The molecule has 0 spiro atoms. The van der Waals surface area contributed by atoms with Gasteiger partial charge in [-0.15, -0.1) is 0 Å². The first kappa shape index (κ1) is 16.5. The summed E-state index contributed by atoms with van der Waals surface area (Å²) in [7, 11) is 1.89. The summed E-state index contributed by atoms with van der Waals surface area (Å²) in [6.45, 7) is 0. The van der Waals surface area contributed by atoms with Crippen molar-refractivity contribution in [3.05, 3.63) is 58.9 Å². The highest BCUT2D eigenvalue weighted by Crippen LogP contribution is 2.19. The molecule has 1 fully saturated rings. The second kappa shape index (κ2) is 6.76. The molecule has 1 aliphatic carbocycles. The number of nitrogens with zero attached hydrogens (tertiary/aromatic N) is 2. The zero-order valence-electron chi connectivity index (χ0n) is 14.2. The topological polar surface area (TPSA) is 75.5 Å². The van der Waals surface area contributed by atoms with Gasteiger partial charge in [0.15, 0.2) is 4.80 Å². The average Bonchev–Trinajstić information content (AvgIpc) is 3.39. The van der Waals surface area contributed by atoms with Gasteiger partial charge in [0.05, 0.1) is 10.2 Å². The normalized spacial score (nSPS) is 14.4. The molecule has 1 heterocycles. The van der Waals surface area contributed by atoms with Crippen molar-refractivity contribution in [1.82, 2.24) is 9.88 Å². The first-order valence-electron chi connectivity index (χ1n) is 8.41. The number of fused-ring (bicyclic) bond motifs is 1. The third-order valence-corrected chi connectivity index (χ3v) is 5.30. The summed E-state index contributed by atoms with van der Waals surface area (Å²) in [6, 6.07) is 14.8. The van der Waals surface area contributed by atoms with Crippen molar-refractivity contribution in [2.24, 2.45) is 12.0 Å². The minimum atomic E-state index is -0.335. The number of urea groups is 1. The highest BCUT2D eigenvalue weighted by molar-refractivity contribution is 7.16. The highest BCUT2D eigenvalue weighted by Gasteiger charge is 2.23. The predicted octanol–water partition coefficient (Wildman–Crippen LogP) is 3.26. The first-order valence-corrected chi connectivity index (χ1v) is 9.23. The Labute approximate surface area is 154 Å². The van der Waals surface area contributed by atoms with Crippen molar-refractivity contribution in [2.45, 2.75) is 18.9 Å². The molecule has 3 amide bonds. The fraction of sp³-hybridized carbons (Fsp3) is 0.211. The van der Waals surface area contributed by atoms with Crippen LogP contribution in [0.5, 0.6) is 0 Å². The van der Waals surface area contributed by atoms with Crippen LogP contribution in [0.2, 0.25) is 0 Å². The molecule has 1 aromatic heterocycles. The SMILES string of the molecule is Cn1c(=NC(=O)c2cccc(NC(=O)NC3CC3)c2)sc2ccccc21. The smallest absolute Gasteiger partial charge is 0.319 e. The molecule has 0 unspecified atom stereocenters. The standard InChI is InChI=1S/C19H18N4O2S/c1-23-15-7-2-3-8-16(15)26-19(23)22-17(24)12-5-4-6-14(11-12)21-18(25)20-13-9-10-13/h2-8,11,13H,9-10H2,1H3,(H2,20,21,25). The van der Waals surface area contributed by atoms with Gasteiger partial charge < -0.3 is 15.2 Å². The van der Waals surface area contributed by atoms with E-state index in [4.69, 9.17) is 0 Å². The highest BCUT2D eigenvalue weighted by atomic mass is 32.1. The number of hydrogen-bond donors (Lipinski definition) is 2. The van der Waals surface area contributed by atoms with Gasteiger partial charge in [0, 0.05) is 24.3 Å². The molecular weight excluding hydrogens is 348 g/mol. The Morgan fingerprint density at radius 1 is 1.15 bits per heavy atom. The predicted molar refractivity (Wildman–Crippen MR) is 102 cm³/mol. The van der Waals surface area contributed by atoms with Crippen LogP contribution in [0.3, 0.4) is 0 Å². The number of nitrogens with one attached hydrogen (secondary N) is 2. The van der Waals surface area contributed by atoms with Crippen LogP contribution < -0.4 is 15.4 Å². The molecule has 6 nitrogen and oxygen atoms in total. The fourth-order valence-corrected chi connectivity index (χ4v) is 3.67.